The molecule has 0 aliphatic rings. The molecule has 0 aromatic heterocycles. The van der Waals surface area contributed by atoms with Gasteiger partial charge < -0.3 is 10.1 Å². The normalized spacial score (nSPS) is 10.6. The first-order valence-corrected chi connectivity index (χ1v) is 5.96. The quantitative estimate of drug-likeness (QED) is 0.479. The maximum Gasteiger partial charge on any atom is 0.330 e. The van der Waals surface area contributed by atoms with Crippen LogP contribution < -0.4 is 5.32 Å². The first kappa shape index (κ1) is 14.2. The van der Waals surface area contributed by atoms with Crippen LogP contribution in [0.1, 0.15) is 25.3 Å². The topological polar surface area (TPSA) is 38.3 Å². The van der Waals surface area contributed by atoms with Gasteiger partial charge in [0.1, 0.15) is 5.82 Å². The predicted octanol–water partition coefficient (Wildman–Crippen LogP) is 3.22. The van der Waals surface area contributed by atoms with Crippen molar-refractivity contribution in [3.8, 4) is 0 Å². The smallest absolute Gasteiger partial charge is 0.330 e. The van der Waals surface area contributed by atoms with Crippen molar-refractivity contribution in [3.05, 3.63) is 35.7 Å². The number of methoxy groups -OCH3 is 1. The third-order valence-corrected chi connectivity index (χ3v) is 2.46. The number of nitrogens with one attached hydrogen (secondary N) is 1. The molecule has 0 aliphatic carbocycles. The second-order valence-electron chi connectivity index (χ2n) is 3.87. The van der Waals surface area contributed by atoms with Gasteiger partial charge in [-0.25, -0.2) is 9.18 Å². The van der Waals surface area contributed by atoms with Crippen molar-refractivity contribution in [2.24, 2.45) is 0 Å². The minimum absolute atomic E-state index is 0.302. The Kier molecular flexibility index (Phi) is 5.91. The number of halogens is 1. The molecule has 0 amide bonds. The van der Waals surface area contributed by atoms with Crippen LogP contribution in [0.4, 0.5) is 10.1 Å². The van der Waals surface area contributed by atoms with Gasteiger partial charge >= 0.3 is 5.97 Å². The number of ether oxygens (including phenoxy) is 1. The van der Waals surface area contributed by atoms with E-state index in [4.69, 9.17) is 0 Å². The number of carbonyl (C=O) groups excluding carboxylic acids is 1. The predicted molar refractivity (Wildman–Crippen MR) is 70.8 cm³/mol. The molecule has 1 N–H and O–H groups in total. The second-order valence-corrected chi connectivity index (χ2v) is 3.87. The minimum atomic E-state index is -0.432. The fourth-order valence-electron chi connectivity index (χ4n) is 1.45. The minimum Gasteiger partial charge on any atom is -0.466 e. The van der Waals surface area contributed by atoms with Crippen molar-refractivity contribution in [1.82, 2.24) is 0 Å². The second kappa shape index (κ2) is 7.48. The van der Waals surface area contributed by atoms with Crippen LogP contribution in [0.15, 0.2) is 24.3 Å². The lowest BCUT2D eigenvalue weighted by Crippen LogP contribution is -2.03. The van der Waals surface area contributed by atoms with Crippen LogP contribution in [-0.4, -0.2) is 19.6 Å². The van der Waals surface area contributed by atoms with E-state index in [2.05, 4.69) is 17.0 Å². The van der Waals surface area contributed by atoms with E-state index in [0.717, 1.165) is 24.9 Å². The summed E-state index contributed by atoms with van der Waals surface area (Å²) >= 11 is 0. The molecule has 4 heteroatoms. The molecule has 0 aliphatic heterocycles. The molecule has 0 atom stereocenters. The summed E-state index contributed by atoms with van der Waals surface area (Å²) in [5.74, 6) is -0.733. The first-order chi connectivity index (χ1) is 8.67. The Balaban J connectivity index is 2.82. The molecular weight excluding hydrogens is 233 g/mol. The first-order valence-electron chi connectivity index (χ1n) is 5.96. The highest BCUT2D eigenvalue weighted by Gasteiger charge is 2.02. The Labute approximate surface area is 107 Å². The Morgan fingerprint density at radius 3 is 2.94 bits per heavy atom. The SMILES string of the molecule is CCCCNc1cc(F)ccc1C=CC(=O)OC. The van der Waals surface area contributed by atoms with Gasteiger partial charge in [-0.1, -0.05) is 13.3 Å². The van der Waals surface area contributed by atoms with Crippen molar-refractivity contribution in [1.29, 1.82) is 0 Å². The van der Waals surface area contributed by atoms with Gasteiger partial charge in [0, 0.05) is 18.3 Å². The third-order valence-electron chi connectivity index (χ3n) is 2.46. The zero-order valence-electron chi connectivity index (χ0n) is 10.7. The highest BCUT2D eigenvalue weighted by atomic mass is 19.1. The van der Waals surface area contributed by atoms with Crippen LogP contribution in [0.2, 0.25) is 0 Å². The fourth-order valence-corrected chi connectivity index (χ4v) is 1.45. The van der Waals surface area contributed by atoms with Crippen molar-refractivity contribution >= 4 is 17.7 Å². The van der Waals surface area contributed by atoms with Crippen LogP contribution in [0.5, 0.6) is 0 Å². The molecule has 1 aromatic rings. The molecule has 0 saturated heterocycles. The number of carbonyl (C=O) groups is 1. The monoisotopic (exact) mass is 251 g/mol. The summed E-state index contributed by atoms with van der Waals surface area (Å²) in [5.41, 5.74) is 1.45. The number of rotatable bonds is 6. The lowest BCUT2D eigenvalue weighted by atomic mass is 10.1. The fraction of sp³-hybridized carbons (Fsp3) is 0.357. The zero-order chi connectivity index (χ0) is 13.4. The average molecular weight is 251 g/mol. The molecule has 1 aromatic carbocycles. The Morgan fingerprint density at radius 2 is 2.28 bits per heavy atom. The number of anilines is 1. The van der Waals surface area contributed by atoms with E-state index in [0.29, 0.717) is 5.69 Å². The van der Waals surface area contributed by atoms with Gasteiger partial charge in [0.2, 0.25) is 0 Å². The standard InChI is InChI=1S/C14H18FNO2/c1-3-4-9-16-13-10-12(15)7-5-11(13)6-8-14(17)18-2/h5-8,10,16H,3-4,9H2,1-2H3. The van der Waals surface area contributed by atoms with Crippen molar-refractivity contribution < 1.29 is 13.9 Å². The summed E-state index contributed by atoms with van der Waals surface area (Å²) < 4.78 is 17.7. The van der Waals surface area contributed by atoms with E-state index in [-0.39, 0.29) is 5.82 Å². The molecule has 0 bridgehead atoms. The van der Waals surface area contributed by atoms with Gasteiger partial charge in [0.25, 0.3) is 0 Å². The lowest BCUT2D eigenvalue weighted by molar-refractivity contribution is -0.134. The highest BCUT2D eigenvalue weighted by Crippen LogP contribution is 2.19. The Hall–Kier alpha value is -1.84. The number of hydrogen-bond acceptors (Lipinski definition) is 3. The Morgan fingerprint density at radius 1 is 1.50 bits per heavy atom. The Bertz CT molecular complexity index is 430. The molecule has 0 fully saturated rings. The van der Waals surface area contributed by atoms with Crippen LogP contribution in [0.3, 0.4) is 0 Å². The summed E-state index contributed by atoms with van der Waals surface area (Å²) in [6.45, 7) is 2.87. The third kappa shape index (κ3) is 4.57. The summed E-state index contributed by atoms with van der Waals surface area (Å²) in [6, 6.07) is 4.41. The summed E-state index contributed by atoms with van der Waals surface area (Å²) in [6.07, 6.45) is 5.00. The van der Waals surface area contributed by atoms with E-state index in [1.54, 1.807) is 12.1 Å². The number of hydrogen-bond donors (Lipinski definition) is 1. The molecule has 0 spiro atoms. The molecule has 1 rings (SSSR count). The molecule has 0 unspecified atom stereocenters. The number of benzene rings is 1. The van der Waals surface area contributed by atoms with Crippen LogP contribution in [0, 0.1) is 5.82 Å². The largest absolute Gasteiger partial charge is 0.466 e. The van der Waals surface area contributed by atoms with Gasteiger partial charge in [-0.3, -0.25) is 0 Å². The van der Waals surface area contributed by atoms with Crippen LogP contribution >= 0.6 is 0 Å². The maximum absolute atomic E-state index is 13.2. The average Bonchev–Trinajstić information content (AvgIpc) is 2.37. The van der Waals surface area contributed by atoms with E-state index in [9.17, 15) is 9.18 Å². The van der Waals surface area contributed by atoms with Gasteiger partial charge in [0.05, 0.1) is 7.11 Å². The summed E-state index contributed by atoms with van der Waals surface area (Å²) in [7, 11) is 1.32. The van der Waals surface area contributed by atoms with E-state index in [1.807, 2.05) is 0 Å². The lowest BCUT2D eigenvalue weighted by Gasteiger charge is -2.09. The van der Waals surface area contributed by atoms with Crippen molar-refractivity contribution in [3.63, 3.8) is 0 Å². The molecule has 98 valence electrons. The number of esters is 1. The van der Waals surface area contributed by atoms with Gasteiger partial charge in [-0.2, -0.15) is 0 Å². The molecular formula is C14H18FNO2. The summed E-state index contributed by atoms with van der Waals surface area (Å²) in [5, 5.41) is 3.15. The highest BCUT2D eigenvalue weighted by molar-refractivity contribution is 5.88. The van der Waals surface area contributed by atoms with Crippen molar-refractivity contribution in [2.45, 2.75) is 19.8 Å². The molecule has 0 saturated carbocycles. The van der Waals surface area contributed by atoms with Crippen LogP contribution in [0.25, 0.3) is 6.08 Å². The van der Waals surface area contributed by atoms with Crippen molar-refractivity contribution in [2.75, 3.05) is 19.0 Å². The zero-order valence-corrected chi connectivity index (χ0v) is 10.7. The molecule has 0 heterocycles. The number of unbranched alkanes of at least 4 members (excludes halogenated alkanes) is 1. The maximum atomic E-state index is 13.2. The van der Waals surface area contributed by atoms with E-state index in [1.165, 1.54) is 25.3 Å². The van der Waals surface area contributed by atoms with Gasteiger partial charge in [-0.15, -0.1) is 0 Å². The molecule has 0 radical (unpaired) electrons. The van der Waals surface area contributed by atoms with Gasteiger partial charge in [0.15, 0.2) is 0 Å². The summed E-state index contributed by atoms with van der Waals surface area (Å²) in [4.78, 5) is 11.0. The van der Waals surface area contributed by atoms with E-state index >= 15 is 0 Å². The molecule has 3 nitrogen and oxygen atoms in total. The van der Waals surface area contributed by atoms with E-state index < -0.39 is 5.97 Å². The van der Waals surface area contributed by atoms with Gasteiger partial charge in [-0.05, 0) is 36.3 Å². The molecule has 18 heavy (non-hydrogen) atoms. The van der Waals surface area contributed by atoms with Crippen LogP contribution in [-0.2, 0) is 9.53 Å².